The molecule has 0 aliphatic heterocycles. The van der Waals surface area contributed by atoms with Crippen molar-refractivity contribution < 1.29 is 24.2 Å². The first-order chi connectivity index (χ1) is 18.5. The van der Waals surface area contributed by atoms with Crippen LogP contribution in [0.3, 0.4) is 0 Å². The van der Waals surface area contributed by atoms with Crippen molar-refractivity contribution in [2.75, 3.05) is 17.6 Å². The van der Waals surface area contributed by atoms with E-state index in [1.807, 2.05) is 25.1 Å². The topological polar surface area (TPSA) is 108 Å². The Balaban J connectivity index is 2.48. The van der Waals surface area contributed by atoms with Gasteiger partial charge in [0.25, 0.3) is 5.91 Å². The zero-order chi connectivity index (χ0) is 29.0. The molecule has 0 spiro atoms. The molecule has 0 aliphatic carbocycles. The number of ether oxygens (including phenoxy) is 1. The lowest BCUT2D eigenvalue weighted by Gasteiger charge is -2.34. The number of carbonyl (C=O) groups excluding carboxylic acids is 3. The highest BCUT2D eigenvalue weighted by molar-refractivity contribution is 7.80. The lowest BCUT2D eigenvalue weighted by molar-refractivity contribution is -0.140. The van der Waals surface area contributed by atoms with Crippen molar-refractivity contribution in [1.29, 1.82) is 0 Å². The van der Waals surface area contributed by atoms with Crippen molar-refractivity contribution in [2.24, 2.45) is 0 Å². The second-order valence-electron chi connectivity index (χ2n) is 10.6. The van der Waals surface area contributed by atoms with Gasteiger partial charge in [0.1, 0.15) is 23.4 Å². The van der Waals surface area contributed by atoms with E-state index in [2.05, 4.69) is 30.2 Å². The highest BCUT2D eigenvalue weighted by atomic mass is 32.1. The fraction of sp³-hybridized carbons (Fsp3) is 0.500. The number of hydrogen-bond donors (Lipinski definition) is 4. The zero-order valence-electron chi connectivity index (χ0n) is 23.7. The summed E-state index contributed by atoms with van der Waals surface area (Å²) in [5.74, 6) is -1.06. The van der Waals surface area contributed by atoms with Gasteiger partial charge in [-0.15, -0.1) is 0 Å². The van der Waals surface area contributed by atoms with Gasteiger partial charge in [-0.25, -0.2) is 4.79 Å². The number of phenols is 1. The van der Waals surface area contributed by atoms with Crippen LogP contribution in [-0.2, 0) is 14.3 Å². The van der Waals surface area contributed by atoms with E-state index in [1.54, 1.807) is 45.0 Å². The molecule has 2 aromatic carbocycles. The molecule has 0 heterocycles. The molecule has 2 unspecified atom stereocenters. The van der Waals surface area contributed by atoms with E-state index >= 15 is 0 Å². The Bertz CT molecular complexity index is 1100. The highest BCUT2D eigenvalue weighted by Crippen LogP contribution is 2.31. The standard InChI is InChI=1S/C30H43N3O5S/c1-6-7-8-9-14-19-33(28(36)24(20-39)32-29(37)38-30(3,4)5)26(22-16-11-13-18-25(22)34)27(35)31-23-17-12-10-15-21(23)2/h10-13,15-18,24,26,34,39H,6-9,14,19-20H2,1-5H3,(H,31,35)(H,32,37). The lowest BCUT2D eigenvalue weighted by atomic mass is 10.0. The largest absolute Gasteiger partial charge is 0.508 e. The molecule has 0 aliphatic rings. The minimum absolute atomic E-state index is 0.00266. The Morgan fingerprint density at radius 3 is 2.26 bits per heavy atom. The van der Waals surface area contributed by atoms with Gasteiger partial charge in [-0.3, -0.25) is 9.59 Å². The molecule has 0 saturated carbocycles. The Morgan fingerprint density at radius 1 is 1.00 bits per heavy atom. The lowest BCUT2D eigenvalue weighted by Crippen LogP contribution is -2.53. The Hall–Kier alpha value is -3.20. The van der Waals surface area contributed by atoms with Gasteiger partial charge in [-0.2, -0.15) is 12.6 Å². The number of nitrogens with zero attached hydrogens (tertiary/aromatic N) is 1. The Labute approximate surface area is 237 Å². The molecule has 0 aromatic heterocycles. The number of nitrogens with one attached hydrogen (secondary N) is 2. The van der Waals surface area contributed by atoms with Crippen LogP contribution >= 0.6 is 12.6 Å². The fourth-order valence-corrected chi connectivity index (χ4v) is 4.42. The third-order valence-electron chi connectivity index (χ3n) is 6.15. The molecule has 39 heavy (non-hydrogen) atoms. The number of benzene rings is 2. The first-order valence-electron chi connectivity index (χ1n) is 13.5. The quantitative estimate of drug-likeness (QED) is 0.178. The number of carbonyl (C=O) groups is 3. The number of phenolic OH excluding ortho intramolecular Hbond substituents is 1. The summed E-state index contributed by atoms with van der Waals surface area (Å²) in [7, 11) is 0. The Morgan fingerprint density at radius 2 is 1.64 bits per heavy atom. The van der Waals surface area contributed by atoms with Crippen LogP contribution in [-0.4, -0.2) is 51.9 Å². The molecule has 3 amide bonds. The predicted molar refractivity (Wildman–Crippen MR) is 158 cm³/mol. The summed E-state index contributed by atoms with van der Waals surface area (Å²) in [4.78, 5) is 41.8. The molecule has 3 N–H and O–H groups in total. The van der Waals surface area contributed by atoms with Crippen LogP contribution in [0.5, 0.6) is 5.75 Å². The number of anilines is 1. The van der Waals surface area contributed by atoms with Gasteiger partial charge in [0, 0.05) is 23.5 Å². The van der Waals surface area contributed by atoms with Crippen LogP contribution in [0.2, 0.25) is 0 Å². The molecule has 0 bridgehead atoms. The van der Waals surface area contributed by atoms with E-state index in [0.717, 1.165) is 31.2 Å². The average Bonchev–Trinajstić information content (AvgIpc) is 2.87. The first kappa shape index (κ1) is 32.0. The van der Waals surface area contributed by atoms with Crippen LogP contribution < -0.4 is 10.6 Å². The van der Waals surface area contributed by atoms with Gasteiger partial charge >= 0.3 is 6.09 Å². The van der Waals surface area contributed by atoms with Crippen molar-refractivity contribution in [3.8, 4) is 5.75 Å². The van der Waals surface area contributed by atoms with Crippen LogP contribution in [0.4, 0.5) is 10.5 Å². The van der Waals surface area contributed by atoms with Crippen molar-refractivity contribution in [3.05, 3.63) is 59.7 Å². The number of unbranched alkanes of at least 4 members (excludes halogenated alkanes) is 4. The van der Waals surface area contributed by atoms with Gasteiger partial charge in [0.05, 0.1) is 0 Å². The zero-order valence-corrected chi connectivity index (χ0v) is 24.6. The SMILES string of the molecule is CCCCCCCN(C(=O)C(CS)NC(=O)OC(C)(C)C)C(C(=O)Nc1ccccc1C)c1ccccc1O. The maximum Gasteiger partial charge on any atom is 0.408 e. The molecule has 9 heteroatoms. The van der Waals surface area contributed by atoms with Gasteiger partial charge in [-0.05, 0) is 51.8 Å². The average molecular weight is 558 g/mol. The van der Waals surface area contributed by atoms with E-state index in [4.69, 9.17) is 4.74 Å². The summed E-state index contributed by atoms with van der Waals surface area (Å²) < 4.78 is 5.36. The smallest absolute Gasteiger partial charge is 0.408 e. The highest BCUT2D eigenvalue weighted by Gasteiger charge is 2.37. The van der Waals surface area contributed by atoms with E-state index in [1.165, 1.54) is 11.0 Å². The monoisotopic (exact) mass is 557 g/mol. The van der Waals surface area contributed by atoms with Gasteiger partial charge < -0.3 is 25.4 Å². The molecule has 0 fully saturated rings. The van der Waals surface area contributed by atoms with Gasteiger partial charge in [-0.1, -0.05) is 69.0 Å². The molecule has 214 valence electrons. The minimum atomic E-state index is -1.15. The summed E-state index contributed by atoms with van der Waals surface area (Å²) >= 11 is 4.33. The van der Waals surface area contributed by atoms with Crippen LogP contribution in [0.25, 0.3) is 0 Å². The van der Waals surface area contributed by atoms with Gasteiger partial charge in [0.2, 0.25) is 5.91 Å². The molecular formula is C30H43N3O5S. The molecular weight excluding hydrogens is 514 g/mol. The number of thiol groups is 1. The number of alkyl carbamates (subject to hydrolysis) is 1. The number of amides is 3. The summed E-state index contributed by atoms with van der Waals surface area (Å²) in [5, 5.41) is 16.3. The number of hydrogen-bond acceptors (Lipinski definition) is 6. The van der Waals surface area contributed by atoms with Gasteiger partial charge in [0.15, 0.2) is 0 Å². The van der Waals surface area contributed by atoms with Crippen LogP contribution in [0.1, 0.15) is 77.0 Å². The normalized spacial score (nSPS) is 12.8. The molecule has 2 rings (SSSR count). The van der Waals surface area contributed by atoms with Crippen LogP contribution in [0, 0.1) is 6.92 Å². The van der Waals surface area contributed by atoms with E-state index in [0.29, 0.717) is 17.7 Å². The Kier molecular flexibility index (Phi) is 12.6. The number of aryl methyl sites for hydroxylation is 1. The summed E-state index contributed by atoms with van der Waals surface area (Å²) in [6.07, 6.45) is 3.92. The van der Waals surface area contributed by atoms with E-state index in [9.17, 15) is 19.5 Å². The number of rotatable bonds is 13. The summed E-state index contributed by atoms with van der Waals surface area (Å²) in [5.41, 5.74) is 1.01. The third kappa shape index (κ3) is 10.1. The molecule has 0 saturated heterocycles. The van der Waals surface area contributed by atoms with Crippen LogP contribution in [0.15, 0.2) is 48.5 Å². The summed E-state index contributed by atoms with van der Waals surface area (Å²) in [6, 6.07) is 11.6. The molecule has 8 nitrogen and oxygen atoms in total. The molecule has 2 atom stereocenters. The van der Waals surface area contributed by atoms with E-state index in [-0.39, 0.29) is 18.0 Å². The van der Waals surface area contributed by atoms with Crippen molar-refractivity contribution in [1.82, 2.24) is 10.2 Å². The second kappa shape index (κ2) is 15.4. The third-order valence-corrected chi connectivity index (χ3v) is 6.52. The first-order valence-corrected chi connectivity index (χ1v) is 14.2. The second-order valence-corrected chi connectivity index (χ2v) is 11.0. The maximum absolute atomic E-state index is 14.0. The number of aromatic hydroxyl groups is 1. The minimum Gasteiger partial charge on any atom is -0.508 e. The van der Waals surface area contributed by atoms with Crippen molar-refractivity contribution in [2.45, 2.75) is 84.4 Å². The predicted octanol–water partition coefficient (Wildman–Crippen LogP) is 6.00. The maximum atomic E-state index is 14.0. The summed E-state index contributed by atoms with van der Waals surface area (Å²) in [6.45, 7) is 9.45. The van der Waals surface area contributed by atoms with Crippen molar-refractivity contribution in [3.63, 3.8) is 0 Å². The molecule has 0 radical (unpaired) electrons. The molecule has 2 aromatic rings. The number of para-hydroxylation sites is 2. The van der Waals surface area contributed by atoms with E-state index < -0.39 is 35.6 Å². The van der Waals surface area contributed by atoms with Crippen molar-refractivity contribution >= 4 is 36.2 Å². The fourth-order valence-electron chi connectivity index (χ4n) is 4.17.